The van der Waals surface area contributed by atoms with Crippen LogP contribution in [-0.4, -0.2) is 50.6 Å². The minimum Gasteiger partial charge on any atom is -0.494 e. The van der Waals surface area contributed by atoms with Crippen LogP contribution in [0.2, 0.25) is 0 Å². The van der Waals surface area contributed by atoms with Crippen LogP contribution in [0.4, 0.5) is 5.69 Å². The normalized spacial score (nSPS) is 17.2. The van der Waals surface area contributed by atoms with Gasteiger partial charge in [0.2, 0.25) is 0 Å². The first kappa shape index (κ1) is 19.8. The number of fused-ring (bicyclic) bond motifs is 1. The average Bonchev–Trinajstić information content (AvgIpc) is 3.39. The van der Waals surface area contributed by atoms with Crippen molar-refractivity contribution in [2.24, 2.45) is 0 Å². The highest BCUT2D eigenvalue weighted by atomic mass is 16.5. The molecule has 1 unspecified atom stereocenters. The molecule has 2 aromatic rings. The fraction of sp³-hybridized carbons (Fsp3) is 0.458. The van der Waals surface area contributed by atoms with E-state index in [9.17, 15) is 4.79 Å². The Hall–Kier alpha value is -2.53. The number of amides is 1. The van der Waals surface area contributed by atoms with Gasteiger partial charge in [0.1, 0.15) is 5.75 Å². The Bertz CT molecular complexity index is 844. The summed E-state index contributed by atoms with van der Waals surface area (Å²) in [5.74, 6) is 0.764. The predicted octanol–water partition coefficient (Wildman–Crippen LogP) is 3.64. The number of carbonyl (C=O) groups is 1. The Morgan fingerprint density at radius 3 is 2.59 bits per heavy atom. The molecule has 1 fully saturated rings. The average molecular weight is 394 g/mol. The third-order valence-corrected chi connectivity index (χ3v) is 6.08. The molecule has 0 spiro atoms. The van der Waals surface area contributed by atoms with Gasteiger partial charge in [-0.2, -0.15) is 0 Å². The molecule has 2 aromatic carbocycles. The molecule has 4 rings (SSSR count). The molecule has 2 aliphatic rings. The number of rotatable bonds is 7. The van der Waals surface area contributed by atoms with Crippen molar-refractivity contribution in [3.8, 4) is 5.75 Å². The monoisotopic (exact) mass is 393 g/mol. The number of likely N-dealkylation sites (N-methyl/N-ethyl adjacent to an activating group) is 1. The highest BCUT2D eigenvalue weighted by Gasteiger charge is 2.26. The van der Waals surface area contributed by atoms with Gasteiger partial charge < -0.3 is 15.0 Å². The van der Waals surface area contributed by atoms with Gasteiger partial charge in [0, 0.05) is 31.4 Å². The topological polar surface area (TPSA) is 44.8 Å². The zero-order valence-corrected chi connectivity index (χ0v) is 17.5. The Morgan fingerprint density at radius 1 is 1.10 bits per heavy atom. The SMILES string of the molecule is CCOc1ccc(C(=O)NCC(c2ccc3c(c2)CCN3C)N2CCCC2)cc1. The molecule has 2 aliphatic heterocycles. The smallest absolute Gasteiger partial charge is 0.251 e. The zero-order chi connectivity index (χ0) is 20.2. The van der Waals surface area contributed by atoms with Crippen molar-refractivity contribution in [2.75, 3.05) is 44.7 Å². The van der Waals surface area contributed by atoms with E-state index in [0.717, 1.165) is 31.8 Å². The number of benzene rings is 2. The molecule has 0 radical (unpaired) electrons. The molecule has 154 valence electrons. The Labute approximate surface area is 173 Å². The molecular formula is C24H31N3O2. The van der Waals surface area contributed by atoms with Gasteiger partial charge in [0.05, 0.1) is 12.6 Å². The van der Waals surface area contributed by atoms with Crippen LogP contribution in [0.15, 0.2) is 42.5 Å². The van der Waals surface area contributed by atoms with E-state index in [-0.39, 0.29) is 11.9 Å². The van der Waals surface area contributed by atoms with Gasteiger partial charge in [-0.05, 0) is 80.7 Å². The quantitative estimate of drug-likeness (QED) is 0.780. The first-order valence-corrected chi connectivity index (χ1v) is 10.7. The highest BCUT2D eigenvalue weighted by molar-refractivity contribution is 5.94. The van der Waals surface area contributed by atoms with E-state index < -0.39 is 0 Å². The molecule has 1 amide bonds. The summed E-state index contributed by atoms with van der Waals surface area (Å²) in [4.78, 5) is 17.5. The van der Waals surface area contributed by atoms with Crippen LogP contribution in [-0.2, 0) is 6.42 Å². The van der Waals surface area contributed by atoms with E-state index in [2.05, 4.69) is 40.4 Å². The van der Waals surface area contributed by atoms with Crippen molar-refractivity contribution in [1.29, 1.82) is 0 Å². The summed E-state index contributed by atoms with van der Waals surface area (Å²) >= 11 is 0. The number of hydrogen-bond acceptors (Lipinski definition) is 4. The summed E-state index contributed by atoms with van der Waals surface area (Å²) < 4.78 is 5.47. The molecule has 5 nitrogen and oxygen atoms in total. The summed E-state index contributed by atoms with van der Waals surface area (Å²) in [7, 11) is 2.15. The summed E-state index contributed by atoms with van der Waals surface area (Å²) in [6, 6.07) is 14.4. The highest BCUT2D eigenvalue weighted by Crippen LogP contribution is 2.32. The summed E-state index contributed by atoms with van der Waals surface area (Å²) in [5.41, 5.74) is 4.75. The molecule has 0 bridgehead atoms. The van der Waals surface area contributed by atoms with Crippen LogP contribution < -0.4 is 15.0 Å². The first-order valence-electron chi connectivity index (χ1n) is 10.7. The number of ether oxygens (including phenoxy) is 1. The summed E-state index contributed by atoms with van der Waals surface area (Å²) in [6.45, 7) is 6.49. The van der Waals surface area contributed by atoms with E-state index in [1.54, 1.807) is 0 Å². The van der Waals surface area contributed by atoms with Crippen molar-refractivity contribution in [2.45, 2.75) is 32.2 Å². The third kappa shape index (κ3) is 4.40. The van der Waals surface area contributed by atoms with Crippen LogP contribution in [0.25, 0.3) is 0 Å². The Kier molecular flexibility index (Phi) is 6.05. The maximum absolute atomic E-state index is 12.7. The van der Waals surface area contributed by atoms with Crippen molar-refractivity contribution in [3.63, 3.8) is 0 Å². The number of nitrogens with one attached hydrogen (secondary N) is 1. The van der Waals surface area contributed by atoms with Crippen LogP contribution >= 0.6 is 0 Å². The number of carbonyl (C=O) groups excluding carboxylic acids is 1. The van der Waals surface area contributed by atoms with Gasteiger partial charge in [-0.15, -0.1) is 0 Å². The van der Waals surface area contributed by atoms with Gasteiger partial charge in [-0.25, -0.2) is 0 Å². The molecule has 1 N–H and O–H groups in total. The van der Waals surface area contributed by atoms with Gasteiger partial charge in [-0.1, -0.05) is 12.1 Å². The predicted molar refractivity (Wildman–Crippen MR) is 117 cm³/mol. The maximum Gasteiger partial charge on any atom is 0.251 e. The molecule has 1 atom stereocenters. The van der Waals surface area contributed by atoms with E-state index in [4.69, 9.17) is 4.74 Å². The number of nitrogens with zero attached hydrogens (tertiary/aromatic N) is 2. The fourth-order valence-corrected chi connectivity index (χ4v) is 4.47. The van der Waals surface area contributed by atoms with E-state index in [0.29, 0.717) is 18.7 Å². The van der Waals surface area contributed by atoms with Crippen LogP contribution in [0.5, 0.6) is 5.75 Å². The van der Waals surface area contributed by atoms with Crippen LogP contribution in [0, 0.1) is 0 Å². The van der Waals surface area contributed by atoms with Crippen molar-refractivity contribution in [1.82, 2.24) is 10.2 Å². The number of hydrogen-bond donors (Lipinski definition) is 1. The molecular weight excluding hydrogens is 362 g/mol. The first-order chi connectivity index (χ1) is 14.2. The minimum absolute atomic E-state index is 0.0295. The molecule has 2 heterocycles. The van der Waals surface area contributed by atoms with Gasteiger partial charge in [-0.3, -0.25) is 9.69 Å². The second kappa shape index (κ2) is 8.87. The van der Waals surface area contributed by atoms with Crippen LogP contribution in [0.1, 0.15) is 47.3 Å². The van der Waals surface area contributed by atoms with Crippen LogP contribution in [0.3, 0.4) is 0 Å². The molecule has 0 aromatic heterocycles. The number of likely N-dealkylation sites (tertiary alicyclic amines) is 1. The lowest BCUT2D eigenvalue weighted by Gasteiger charge is -2.29. The van der Waals surface area contributed by atoms with Crippen molar-refractivity contribution >= 4 is 11.6 Å². The molecule has 0 saturated carbocycles. The zero-order valence-electron chi connectivity index (χ0n) is 17.5. The van der Waals surface area contributed by atoms with Crippen molar-refractivity contribution < 1.29 is 9.53 Å². The molecule has 5 heteroatoms. The van der Waals surface area contributed by atoms with E-state index >= 15 is 0 Å². The fourth-order valence-electron chi connectivity index (χ4n) is 4.47. The van der Waals surface area contributed by atoms with E-state index in [1.165, 1.54) is 29.7 Å². The van der Waals surface area contributed by atoms with Gasteiger partial charge in [0.25, 0.3) is 5.91 Å². The standard InChI is InChI=1S/C24H31N3O2/c1-3-29-21-9-6-18(7-10-21)24(28)25-17-23(27-13-4-5-14-27)19-8-11-22-20(16-19)12-15-26(22)2/h6-11,16,23H,3-5,12-15,17H2,1-2H3,(H,25,28). The van der Waals surface area contributed by atoms with Gasteiger partial charge >= 0.3 is 0 Å². The summed E-state index contributed by atoms with van der Waals surface area (Å²) in [5, 5.41) is 3.17. The minimum atomic E-state index is -0.0295. The van der Waals surface area contributed by atoms with E-state index in [1.807, 2.05) is 31.2 Å². The third-order valence-electron chi connectivity index (χ3n) is 6.08. The Morgan fingerprint density at radius 2 is 1.86 bits per heavy atom. The Balaban J connectivity index is 1.47. The largest absolute Gasteiger partial charge is 0.494 e. The second-order valence-corrected chi connectivity index (χ2v) is 7.99. The lowest BCUT2D eigenvalue weighted by Crippen LogP contribution is -2.36. The lowest BCUT2D eigenvalue weighted by molar-refractivity contribution is 0.0938. The molecule has 29 heavy (non-hydrogen) atoms. The molecule has 1 saturated heterocycles. The van der Waals surface area contributed by atoms with Gasteiger partial charge in [0.15, 0.2) is 0 Å². The molecule has 0 aliphatic carbocycles. The van der Waals surface area contributed by atoms with Crippen molar-refractivity contribution in [3.05, 3.63) is 59.2 Å². The second-order valence-electron chi connectivity index (χ2n) is 7.99. The summed E-state index contributed by atoms with van der Waals surface area (Å²) in [6.07, 6.45) is 3.57. The maximum atomic E-state index is 12.7. The lowest BCUT2D eigenvalue weighted by atomic mass is 10.0. The number of anilines is 1.